The number of hydrogen-bond acceptors (Lipinski definition) is 3. The molecule has 0 atom stereocenters. The van der Waals surface area contributed by atoms with Crippen LogP contribution in [0.4, 0.5) is 4.79 Å². The molecule has 1 heterocycles. The normalized spacial score (nSPS) is 14.2. The van der Waals surface area contributed by atoms with E-state index in [1.165, 1.54) is 4.90 Å². The zero-order chi connectivity index (χ0) is 13.0. The zero-order valence-electron chi connectivity index (χ0n) is 9.95. The lowest BCUT2D eigenvalue weighted by atomic mass is 10.5. The fourth-order valence-electron chi connectivity index (χ4n) is 1.71. The van der Waals surface area contributed by atoms with Crippen molar-refractivity contribution in [2.75, 3.05) is 13.1 Å². The van der Waals surface area contributed by atoms with Crippen molar-refractivity contribution in [1.29, 1.82) is 0 Å². The molecule has 7 nitrogen and oxygen atoms in total. The van der Waals surface area contributed by atoms with E-state index in [1.807, 2.05) is 12.3 Å². The first kappa shape index (κ1) is 12.4. The number of aliphatic carboxylic acids is 1. The molecule has 1 aliphatic rings. The van der Waals surface area contributed by atoms with Gasteiger partial charge in [0.2, 0.25) is 0 Å². The van der Waals surface area contributed by atoms with E-state index >= 15 is 0 Å². The zero-order valence-corrected chi connectivity index (χ0v) is 9.95. The maximum Gasteiger partial charge on any atom is 0.323 e. The molecule has 1 aliphatic carbocycles. The van der Waals surface area contributed by atoms with Crippen molar-refractivity contribution in [1.82, 2.24) is 20.0 Å². The van der Waals surface area contributed by atoms with Gasteiger partial charge in [0.15, 0.2) is 0 Å². The first-order chi connectivity index (χ1) is 8.66. The molecule has 0 unspecified atom stereocenters. The monoisotopic (exact) mass is 252 g/mol. The predicted molar refractivity (Wildman–Crippen MR) is 63.0 cm³/mol. The number of carbonyl (C=O) groups is 2. The number of carboxylic acid groups (broad SMARTS) is 1. The van der Waals surface area contributed by atoms with E-state index in [4.69, 9.17) is 5.11 Å². The van der Waals surface area contributed by atoms with Crippen LogP contribution in [-0.2, 0) is 11.3 Å². The summed E-state index contributed by atoms with van der Waals surface area (Å²) in [6, 6.07) is 1.58. The quantitative estimate of drug-likeness (QED) is 0.754. The fourth-order valence-corrected chi connectivity index (χ4v) is 1.71. The van der Waals surface area contributed by atoms with E-state index in [1.54, 1.807) is 10.9 Å². The Balaban J connectivity index is 1.76. The highest BCUT2D eigenvalue weighted by molar-refractivity contribution is 5.80. The Morgan fingerprint density at radius 3 is 2.83 bits per heavy atom. The molecule has 0 aromatic carbocycles. The third kappa shape index (κ3) is 3.47. The van der Waals surface area contributed by atoms with Crippen LogP contribution in [0.2, 0.25) is 0 Å². The van der Waals surface area contributed by atoms with E-state index in [0.29, 0.717) is 13.1 Å². The molecule has 0 saturated heterocycles. The van der Waals surface area contributed by atoms with Gasteiger partial charge in [-0.15, -0.1) is 0 Å². The maximum atomic E-state index is 11.8. The molecule has 7 heteroatoms. The number of urea groups is 1. The third-order valence-corrected chi connectivity index (χ3v) is 2.73. The van der Waals surface area contributed by atoms with Crippen LogP contribution in [0, 0.1) is 0 Å². The van der Waals surface area contributed by atoms with E-state index < -0.39 is 5.97 Å². The molecule has 1 aromatic heterocycles. The maximum absolute atomic E-state index is 11.8. The van der Waals surface area contributed by atoms with Crippen molar-refractivity contribution in [2.45, 2.75) is 25.4 Å². The summed E-state index contributed by atoms with van der Waals surface area (Å²) in [5.41, 5.74) is 0. The highest BCUT2D eigenvalue weighted by atomic mass is 16.4. The van der Waals surface area contributed by atoms with Gasteiger partial charge in [0, 0.05) is 25.0 Å². The number of carbonyl (C=O) groups excluding carboxylic acids is 1. The molecule has 2 rings (SSSR count). The number of hydrogen-bond donors (Lipinski definition) is 2. The minimum atomic E-state index is -0.982. The van der Waals surface area contributed by atoms with Crippen LogP contribution in [0.1, 0.15) is 12.8 Å². The molecule has 2 amide bonds. The summed E-state index contributed by atoms with van der Waals surface area (Å²) >= 11 is 0. The summed E-state index contributed by atoms with van der Waals surface area (Å²) in [5, 5.41) is 15.5. The SMILES string of the molecule is O=C(O)CN(C(=O)NCCn1cccn1)C1CC1. The molecule has 0 bridgehead atoms. The smallest absolute Gasteiger partial charge is 0.323 e. The molecule has 1 aromatic rings. The van der Waals surface area contributed by atoms with Crippen LogP contribution in [0.15, 0.2) is 18.5 Å². The number of nitrogens with zero attached hydrogens (tertiary/aromatic N) is 3. The van der Waals surface area contributed by atoms with E-state index in [9.17, 15) is 9.59 Å². The molecule has 0 aliphatic heterocycles. The van der Waals surface area contributed by atoms with Gasteiger partial charge in [-0.05, 0) is 18.9 Å². The molecular formula is C11H16N4O3. The summed E-state index contributed by atoms with van der Waals surface area (Å²) in [6.07, 6.45) is 5.25. The Labute approximate surface area is 104 Å². The third-order valence-electron chi connectivity index (χ3n) is 2.73. The van der Waals surface area contributed by atoms with Gasteiger partial charge in [-0.3, -0.25) is 9.48 Å². The topological polar surface area (TPSA) is 87.5 Å². The number of nitrogens with one attached hydrogen (secondary N) is 1. The van der Waals surface area contributed by atoms with Gasteiger partial charge in [-0.25, -0.2) is 4.79 Å². The first-order valence-corrected chi connectivity index (χ1v) is 5.90. The molecule has 1 fully saturated rings. The molecule has 2 N–H and O–H groups in total. The lowest BCUT2D eigenvalue weighted by Crippen LogP contribution is -2.44. The summed E-state index contributed by atoms with van der Waals surface area (Å²) < 4.78 is 1.71. The van der Waals surface area contributed by atoms with Crippen molar-refractivity contribution in [3.05, 3.63) is 18.5 Å². The van der Waals surface area contributed by atoms with E-state index in [-0.39, 0.29) is 18.6 Å². The van der Waals surface area contributed by atoms with Gasteiger partial charge < -0.3 is 15.3 Å². The predicted octanol–water partition coefficient (Wildman–Crippen LogP) is 0.142. The summed E-state index contributed by atoms with van der Waals surface area (Å²) in [5.74, 6) is -0.982. The molecule has 98 valence electrons. The Morgan fingerprint density at radius 1 is 1.50 bits per heavy atom. The second kappa shape index (κ2) is 5.52. The van der Waals surface area contributed by atoms with Gasteiger partial charge in [0.1, 0.15) is 6.54 Å². The number of amides is 2. The standard InChI is InChI=1S/C11H16N4O3/c16-10(17)8-15(9-2-3-9)11(18)12-5-7-14-6-1-4-13-14/h1,4,6,9H,2-3,5,7-8H2,(H,12,18)(H,16,17). The minimum absolute atomic E-state index is 0.0887. The molecule has 18 heavy (non-hydrogen) atoms. The highest BCUT2D eigenvalue weighted by Crippen LogP contribution is 2.26. The van der Waals surface area contributed by atoms with Crippen molar-refractivity contribution in [3.63, 3.8) is 0 Å². The van der Waals surface area contributed by atoms with Crippen LogP contribution in [0.25, 0.3) is 0 Å². The van der Waals surface area contributed by atoms with Crippen LogP contribution in [-0.4, -0.2) is 50.9 Å². The average Bonchev–Trinajstić information content (AvgIpc) is 3.03. The lowest BCUT2D eigenvalue weighted by Gasteiger charge is -2.20. The second-order valence-corrected chi connectivity index (χ2v) is 4.25. The van der Waals surface area contributed by atoms with Crippen molar-refractivity contribution in [2.24, 2.45) is 0 Å². The van der Waals surface area contributed by atoms with Gasteiger partial charge in [0.05, 0.1) is 6.54 Å². The van der Waals surface area contributed by atoms with Gasteiger partial charge >= 0.3 is 12.0 Å². The number of rotatable bonds is 6. The number of aromatic nitrogens is 2. The Bertz CT molecular complexity index is 414. The van der Waals surface area contributed by atoms with Crippen LogP contribution < -0.4 is 5.32 Å². The summed E-state index contributed by atoms with van der Waals surface area (Å²) in [7, 11) is 0. The molecular weight excluding hydrogens is 236 g/mol. The average molecular weight is 252 g/mol. The van der Waals surface area contributed by atoms with Crippen LogP contribution >= 0.6 is 0 Å². The Hall–Kier alpha value is -2.05. The van der Waals surface area contributed by atoms with E-state index in [0.717, 1.165) is 12.8 Å². The van der Waals surface area contributed by atoms with Gasteiger partial charge in [0.25, 0.3) is 0 Å². The van der Waals surface area contributed by atoms with Gasteiger partial charge in [-0.2, -0.15) is 5.10 Å². The Kier molecular flexibility index (Phi) is 3.81. The van der Waals surface area contributed by atoms with Crippen molar-refractivity contribution < 1.29 is 14.7 Å². The molecule has 0 radical (unpaired) electrons. The first-order valence-electron chi connectivity index (χ1n) is 5.90. The van der Waals surface area contributed by atoms with Crippen molar-refractivity contribution in [3.8, 4) is 0 Å². The second-order valence-electron chi connectivity index (χ2n) is 4.25. The molecule has 0 spiro atoms. The molecule has 1 saturated carbocycles. The van der Waals surface area contributed by atoms with Crippen LogP contribution in [0.3, 0.4) is 0 Å². The minimum Gasteiger partial charge on any atom is -0.480 e. The lowest BCUT2D eigenvalue weighted by molar-refractivity contribution is -0.137. The fraction of sp³-hybridized carbons (Fsp3) is 0.545. The van der Waals surface area contributed by atoms with Crippen LogP contribution in [0.5, 0.6) is 0 Å². The Morgan fingerprint density at radius 2 is 2.28 bits per heavy atom. The highest BCUT2D eigenvalue weighted by Gasteiger charge is 2.33. The largest absolute Gasteiger partial charge is 0.480 e. The number of carboxylic acids is 1. The summed E-state index contributed by atoms with van der Waals surface area (Å²) in [6.45, 7) is 0.770. The van der Waals surface area contributed by atoms with Gasteiger partial charge in [-0.1, -0.05) is 0 Å². The summed E-state index contributed by atoms with van der Waals surface area (Å²) in [4.78, 5) is 23.9. The van der Waals surface area contributed by atoms with Crippen molar-refractivity contribution >= 4 is 12.0 Å². The van der Waals surface area contributed by atoms with E-state index in [2.05, 4.69) is 10.4 Å².